The molecule has 32 heavy (non-hydrogen) atoms. The Kier molecular flexibility index (Phi) is 5.04. The molecule has 0 radical (unpaired) electrons. The third-order valence-electron chi connectivity index (χ3n) is 5.53. The van der Waals surface area contributed by atoms with Gasteiger partial charge in [0.05, 0.1) is 44.8 Å². The van der Waals surface area contributed by atoms with Gasteiger partial charge in [-0.1, -0.05) is 0 Å². The maximum atomic E-state index is 5.47. The van der Waals surface area contributed by atoms with Crippen LogP contribution < -0.4 is 19.5 Å². The first-order chi connectivity index (χ1) is 15.6. The van der Waals surface area contributed by atoms with Crippen LogP contribution in [-0.2, 0) is 6.54 Å². The van der Waals surface area contributed by atoms with Crippen molar-refractivity contribution in [2.45, 2.75) is 32.2 Å². The van der Waals surface area contributed by atoms with Gasteiger partial charge in [0.2, 0.25) is 5.75 Å². The smallest absolute Gasteiger partial charge is 0.203 e. The zero-order chi connectivity index (χ0) is 22.2. The van der Waals surface area contributed by atoms with Crippen LogP contribution in [0.3, 0.4) is 0 Å². The van der Waals surface area contributed by atoms with Crippen LogP contribution in [0.4, 0.5) is 11.6 Å². The van der Waals surface area contributed by atoms with Gasteiger partial charge in [-0.05, 0) is 19.8 Å². The van der Waals surface area contributed by atoms with Crippen LogP contribution in [0.1, 0.15) is 31.5 Å². The molecular formula is C22H25N7O3. The van der Waals surface area contributed by atoms with Crippen LogP contribution in [0.2, 0.25) is 0 Å². The highest BCUT2D eigenvalue weighted by atomic mass is 16.5. The summed E-state index contributed by atoms with van der Waals surface area (Å²) in [5.41, 5.74) is 1.67. The second-order valence-corrected chi connectivity index (χ2v) is 7.58. The standard InChI is InChI=1S/C22H25N7O3/c1-5-29-22-15(10-24-29)21(26-20(27-22)13-6-7-13)25-18-11-28(12-23-18)14-8-16(30-2)19(32-4)17(9-14)31-3/h8-13H,5-7H2,1-4H3,(H,25,26,27). The second-order valence-electron chi connectivity index (χ2n) is 7.58. The Labute approximate surface area is 185 Å². The maximum Gasteiger partial charge on any atom is 0.203 e. The summed E-state index contributed by atoms with van der Waals surface area (Å²) in [5.74, 6) is 4.35. The predicted octanol–water partition coefficient (Wildman–Crippen LogP) is 3.68. The third-order valence-corrected chi connectivity index (χ3v) is 5.53. The van der Waals surface area contributed by atoms with E-state index in [9.17, 15) is 0 Å². The van der Waals surface area contributed by atoms with Crippen molar-refractivity contribution in [3.05, 3.63) is 36.7 Å². The molecular weight excluding hydrogens is 410 g/mol. The number of benzene rings is 1. The molecule has 1 aliphatic rings. The topological polar surface area (TPSA) is 101 Å². The van der Waals surface area contributed by atoms with E-state index in [1.165, 1.54) is 0 Å². The van der Waals surface area contributed by atoms with Gasteiger partial charge in [-0.15, -0.1) is 0 Å². The van der Waals surface area contributed by atoms with E-state index in [4.69, 9.17) is 24.2 Å². The fourth-order valence-electron chi connectivity index (χ4n) is 3.69. The van der Waals surface area contributed by atoms with Gasteiger partial charge in [-0.3, -0.25) is 0 Å². The average molecular weight is 435 g/mol. The van der Waals surface area contributed by atoms with Gasteiger partial charge in [-0.25, -0.2) is 19.6 Å². The molecule has 0 saturated heterocycles. The summed E-state index contributed by atoms with van der Waals surface area (Å²) in [5, 5.41) is 8.68. The molecule has 5 rings (SSSR count). The number of nitrogens with one attached hydrogen (secondary N) is 1. The molecule has 3 aromatic heterocycles. The molecule has 1 fully saturated rings. The summed E-state index contributed by atoms with van der Waals surface area (Å²) in [6.07, 6.45) is 7.66. The van der Waals surface area contributed by atoms with Crippen molar-refractivity contribution < 1.29 is 14.2 Å². The van der Waals surface area contributed by atoms with Gasteiger partial charge in [-0.2, -0.15) is 5.10 Å². The number of hydrogen-bond acceptors (Lipinski definition) is 8. The number of ether oxygens (including phenoxy) is 3. The lowest BCUT2D eigenvalue weighted by Crippen LogP contribution is -2.04. The lowest BCUT2D eigenvalue weighted by Gasteiger charge is -2.14. The maximum absolute atomic E-state index is 5.47. The van der Waals surface area contributed by atoms with Crippen LogP contribution in [0.5, 0.6) is 17.2 Å². The number of nitrogens with zero attached hydrogens (tertiary/aromatic N) is 6. The second kappa shape index (κ2) is 8.03. The molecule has 3 heterocycles. The number of aryl methyl sites for hydroxylation is 1. The predicted molar refractivity (Wildman–Crippen MR) is 119 cm³/mol. The lowest BCUT2D eigenvalue weighted by atomic mass is 10.2. The van der Waals surface area contributed by atoms with E-state index >= 15 is 0 Å². The molecule has 1 N–H and O–H groups in total. The van der Waals surface area contributed by atoms with Gasteiger partial charge in [0.25, 0.3) is 0 Å². The minimum atomic E-state index is 0.428. The Bertz CT molecular complexity index is 1250. The number of hydrogen-bond donors (Lipinski definition) is 1. The van der Waals surface area contributed by atoms with Crippen molar-refractivity contribution in [1.29, 1.82) is 0 Å². The summed E-state index contributed by atoms with van der Waals surface area (Å²) in [4.78, 5) is 14.1. The van der Waals surface area contributed by atoms with Crippen molar-refractivity contribution in [3.63, 3.8) is 0 Å². The Morgan fingerprint density at radius 1 is 1.06 bits per heavy atom. The van der Waals surface area contributed by atoms with E-state index in [0.29, 0.717) is 34.8 Å². The fourth-order valence-corrected chi connectivity index (χ4v) is 3.69. The molecule has 10 heteroatoms. The zero-order valence-corrected chi connectivity index (χ0v) is 18.5. The molecule has 4 aromatic rings. The summed E-state index contributed by atoms with van der Waals surface area (Å²) in [7, 11) is 4.77. The Morgan fingerprint density at radius 2 is 1.81 bits per heavy atom. The first-order valence-corrected chi connectivity index (χ1v) is 10.5. The summed E-state index contributed by atoms with van der Waals surface area (Å²) in [6, 6.07) is 3.73. The largest absolute Gasteiger partial charge is 0.493 e. The highest BCUT2D eigenvalue weighted by molar-refractivity contribution is 5.88. The van der Waals surface area contributed by atoms with E-state index in [-0.39, 0.29) is 0 Å². The number of methoxy groups -OCH3 is 3. The molecule has 1 saturated carbocycles. The minimum absolute atomic E-state index is 0.428. The number of fused-ring (bicyclic) bond motifs is 1. The van der Waals surface area contributed by atoms with Crippen molar-refractivity contribution in [2.75, 3.05) is 26.6 Å². The molecule has 10 nitrogen and oxygen atoms in total. The monoisotopic (exact) mass is 435 g/mol. The molecule has 1 aromatic carbocycles. The van der Waals surface area contributed by atoms with Crippen LogP contribution in [0.15, 0.2) is 30.9 Å². The normalized spacial score (nSPS) is 13.4. The Morgan fingerprint density at radius 3 is 2.44 bits per heavy atom. The molecule has 0 spiro atoms. The zero-order valence-electron chi connectivity index (χ0n) is 18.5. The van der Waals surface area contributed by atoms with Gasteiger partial charge in [0.15, 0.2) is 17.1 Å². The van der Waals surface area contributed by atoms with Gasteiger partial charge >= 0.3 is 0 Å². The van der Waals surface area contributed by atoms with Crippen LogP contribution in [0.25, 0.3) is 16.7 Å². The minimum Gasteiger partial charge on any atom is -0.493 e. The summed E-state index contributed by atoms with van der Waals surface area (Å²) in [6.45, 7) is 2.80. The van der Waals surface area contributed by atoms with Crippen molar-refractivity contribution in [1.82, 2.24) is 29.3 Å². The van der Waals surface area contributed by atoms with Crippen LogP contribution in [0, 0.1) is 0 Å². The molecule has 166 valence electrons. The van der Waals surface area contributed by atoms with E-state index < -0.39 is 0 Å². The van der Waals surface area contributed by atoms with E-state index in [0.717, 1.165) is 41.9 Å². The molecule has 0 atom stereocenters. The summed E-state index contributed by atoms with van der Waals surface area (Å²) >= 11 is 0. The van der Waals surface area contributed by atoms with Gasteiger partial charge in [0, 0.05) is 24.6 Å². The van der Waals surface area contributed by atoms with Crippen LogP contribution >= 0.6 is 0 Å². The van der Waals surface area contributed by atoms with E-state index in [1.807, 2.05) is 27.6 Å². The highest BCUT2D eigenvalue weighted by Gasteiger charge is 2.28. The highest BCUT2D eigenvalue weighted by Crippen LogP contribution is 2.40. The van der Waals surface area contributed by atoms with E-state index in [1.54, 1.807) is 33.9 Å². The summed E-state index contributed by atoms with van der Waals surface area (Å²) < 4.78 is 20.1. The van der Waals surface area contributed by atoms with Crippen LogP contribution in [-0.4, -0.2) is 50.6 Å². The number of rotatable bonds is 8. The van der Waals surface area contributed by atoms with Gasteiger partial charge < -0.3 is 24.1 Å². The number of imidazole rings is 1. The molecule has 1 aliphatic carbocycles. The number of aromatic nitrogens is 6. The molecule has 0 unspecified atom stereocenters. The van der Waals surface area contributed by atoms with Crippen molar-refractivity contribution in [2.24, 2.45) is 0 Å². The fraction of sp³-hybridized carbons (Fsp3) is 0.364. The lowest BCUT2D eigenvalue weighted by molar-refractivity contribution is 0.324. The molecule has 0 amide bonds. The Hall–Kier alpha value is -3.82. The number of anilines is 2. The first-order valence-electron chi connectivity index (χ1n) is 10.5. The first kappa shape index (κ1) is 20.1. The third kappa shape index (κ3) is 3.47. The Balaban J connectivity index is 1.50. The quantitative estimate of drug-likeness (QED) is 0.447. The van der Waals surface area contributed by atoms with Gasteiger partial charge in [0.1, 0.15) is 23.8 Å². The van der Waals surface area contributed by atoms with E-state index in [2.05, 4.69) is 22.3 Å². The van der Waals surface area contributed by atoms with Crippen molar-refractivity contribution in [3.8, 4) is 22.9 Å². The SMILES string of the molecule is CCn1ncc2c(Nc3cn(-c4cc(OC)c(OC)c(OC)c4)cn3)nc(C3CC3)nc21. The molecule has 0 bridgehead atoms. The van der Waals surface area contributed by atoms with Crippen molar-refractivity contribution >= 4 is 22.7 Å². The average Bonchev–Trinajstić information content (AvgIpc) is 3.43. The molecule has 0 aliphatic heterocycles.